The summed E-state index contributed by atoms with van der Waals surface area (Å²) in [6.45, 7) is 1.99. The van der Waals surface area contributed by atoms with Crippen molar-refractivity contribution in [2.24, 2.45) is 0 Å². The average molecular weight is 492 g/mol. The number of methoxy groups -OCH3 is 2. The van der Waals surface area contributed by atoms with Crippen molar-refractivity contribution in [3.8, 4) is 11.5 Å². The van der Waals surface area contributed by atoms with Gasteiger partial charge in [0.25, 0.3) is 0 Å². The van der Waals surface area contributed by atoms with E-state index in [0.717, 1.165) is 11.8 Å². The zero-order valence-electron chi connectivity index (χ0n) is 20.3. The Bertz CT molecular complexity index is 1090. The van der Waals surface area contributed by atoms with Crippen LogP contribution in [-0.2, 0) is 26.2 Å². The molecule has 1 atom stereocenters. The number of amides is 2. The van der Waals surface area contributed by atoms with Gasteiger partial charge in [0.15, 0.2) is 0 Å². The number of rotatable bonds is 12. The number of hydrogen-bond acceptors (Lipinski definition) is 6. The molecule has 0 saturated heterocycles. The van der Waals surface area contributed by atoms with Gasteiger partial charge in [0.05, 0.1) is 26.2 Å². The lowest BCUT2D eigenvalue weighted by Crippen LogP contribution is -2.46. The highest BCUT2D eigenvalue weighted by atomic mass is 32.2. The molecule has 1 unspecified atom stereocenters. The number of ether oxygens (including phenoxy) is 2. The highest BCUT2D eigenvalue weighted by Gasteiger charge is 2.26. The van der Waals surface area contributed by atoms with Crippen molar-refractivity contribution >= 4 is 27.5 Å². The maximum atomic E-state index is 13.2. The first-order valence-electron chi connectivity index (χ1n) is 10.9. The number of carbonyl (C=O) groups is 2. The molecule has 0 fully saturated rings. The molecule has 9 nitrogen and oxygen atoms in total. The van der Waals surface area contributed by atoms with E-state index in [2.05, 4.69) is 5.32 Å². The molecule has 34 heavy (non-hydrogen) atoms. The molecule has 0 heterocycles. The third-order valence-electron chi connectivity index (χ3n) is 5.39. The number of sulfonamides is 1. The predicted molar refractivity (Wildman–Crippen MR) is 131 cm³/mol. The fourth-order valence-electron chi connectivity index (χ4n) is 3.53. The van der Waals surface area contributed by atoms with E-state index in [-0.39, 0.29) is 37.7 Å². The van der Waals surface area contributed by atoms with Crippen molar-refractivity contribution in [2.45, 2.75) is 32.4 Å². The van der Waals surface area contributed by atoms with Gasteiger partial charge in [-0.3, -0.25) is 13.9 Å². The van der Waals surface area contributed by atoms with Gasteiger partial charge in [-0.2, -0.15) is 0 Å². The molecular formula is C24H33N3O6S. The minimum absolute atomic E-state index is 0.0707. The fraction of sp³-hybridized carbons (Fsp3) is 0.417. The first kappa shape index (κ1) is 27.0. The molecule has 1 N–H and O–H groups in total. The maximum absolute atomic E-state index is 13.2. The summed E-state index contributed by atoms with van der Waals surface area (Å²) < 4.78 is 36.5. The van der Waals surface area contributed by atoms with Crippen molar-refractivity contribution < 1.29 is 27.5 Å². The van der Waals surface area contributed by atoms with Gasteiger partial charge in [0.1, 0.15) is 17.5 Å². The Labute approximate surface area is 201 Å². The lowest BCUT2D eigenvalue weighted by atomic mass is 10.1. The van der Waals surface area contributed by atoms with E-state index in [0.29, 0.717) is 17.2 Å². The molecule has 186 valence electrons. The largest absolute Gasteiger partial charge is 0.497 e. The number of hydrogen-bond donors (Lipinski definition) is 1. The monoisotopic (exact) mass is 491 g/mol. The summed E-state index contributed by atoms with van der Waals surface area (Å²) >= 11 is 0. The van der Waals surface area contributed by atoms with Gasteiger partial charge in [-0.15, -0.1) is 0 Å². The lowest BCUT2D eigenvalue weighted by molar-refractivity contribution is -0.140. The van der Waals surface area contributed by atoms with Crippen LogP contribution in [0.25, 0.3) is 0 Å². The van der Waals surface area contributed by atoms with Crippen molar-refractivity contribution in [1.29, 1.82) is 0 Å². The van der Waals surface area contributed by atoms with Crippen LogP contribution in [-0.4, -0.2) is 65.2 Å². The summed E-state index contributed by atoms with van der Waals surface area (Å²) in [4.78, 5) is 26.9. The van der Waals surface area contributed by atoms with Crippen LogP contribution in [0.3, 0.4) is 0 Å². The van der Waals surface area contributed by atoms with Gasteiger partial charge in [-0.1, -0.05) is 18.2 Å². The average Bonchev–Trinajstić information content (AvgIpc) is 2.83. The van der Waals surface area contributed by atoms with E-state index in [1.54, 1.807) is 44.4 Å². The smallest absolute Gasteiger partial charge is 0.242 e. The number of anilines is 1. The maximum Gasteiger partial charge on any atom is 0.242 e. The molecular weight excluding hydrogens is 458 g/mol. The van der Waals surface area contributed by atoms with Gasteiger partial charge < -0.3 is 19.7 Å². The van der Waals surface area contributed by atoms with Crippen LogP contribution < -0.4 is 19.1 Å². The molecule has 0 bridgehead atoms. The van der Waals surface area contributed by atoms with Crippen LogP contribution in [0, 0.1) is 0 Å². The molecule has 2 rings (SSSR count). The topological polar surface area (TPSA) is 105 Å². The first-order chi connectivity index (χ1) is 16.1. The second-order valence-electron chi connectivity index (χ2n) is 7.80. The molecule has 10 heteroatoms. The third kappa shape index (κ3) is 7.38. The Hall–Kier alpha value is -3.27. The molecule has 0 radical (unpaired) electrons. The zero-order valence-corrected chi connectivity index (χ0v) is 21.1. The fourth-order valence-corrected chi connectivity index (χ4v) is 4.49. The van der Waals surface area contributed by atoms with Crippen LogP contribution in [0.2, 0.25) is 0 Å². The molecule has 2 aromatic rings. The van der Waals surface area contributed by atoms with Gasteiger partial charge in [-0.05, 0) is 43.2 Å². The van der Waals surface area contributed by atoms with Gasteiger partial charge >= 0.3 is 0 Å². The Morgan fingerprint density at radius 3 is 2.24 bits per heavy atom. The Morgan fingerprint density at radius 2 is 1.65 bits per heavy atom. The number of nitrogens with one attached hydrogen (secondary N) is 1. The van der Waals surface area contributed by atoms with E-state index < -0.39 is 16.1 Å². The quantitative estimate of drug-likeness (QED) is 0.489. The molecule has 2 aromatic carbocycles. The van der Waals surface area contributed by atoms with E-state index in [9.17, 15) is 18.0 Å². The van der Waals surface area contributed by atoms with E-state index in [1.807, 2.05) is 18.2 Å². The normalized spacial score (nSPS) is 11.9. The second kappa shape index (κ2) is 12.3. The highest BCUT2D eigenvalue weighted by molar-refractivity contribution is 7.92. The van der Waals surface area contributed by atoms with E-state index in [4.69, 9.17) is 9.47 Å². The molecule has 0 aliphatic rings. The lowest BCUT2D eigenvalue weighted by Gasteiger charge is -2.29. The molecule has 0 spiro atoms. The summed E-state index contributed by atoms with van der Waals surface area (Å²) in [5, 5.41) is 2.58. The first-order valence-corrected chi connectivity index (χ1v) is 12.7. The van der Waals surface area contributed by atoms with Crippen molar-refractivity contribution in [2.75, 3.05) is 38.4 Å². The van der Waals surface area contributed by atoms with Gasteiger partial charge in [0, 0.05) is 32.6 Å². The van der Waals surface area contributed by atoms with E-state index in [1.165, 1.54) is 23.4 Å². The van der Waals surface area contributed by atoms with Crippen LogP contribution in [0.4, 0.5) is 5.69 Å². The van der Waals surface area contributed by atoms with Crippen LogP contribution in [0.5, 0.6) is 11.5 Å². The Kier molecular flexibility index (Phi) is 9.73. The minimum Gasteiger partial charge on any atom is -0.497 e. The third-order valence-corrected chi connectivity index (χ3v) is 6.59. The summed E-state index contributed by atoms with van der Waals surface area (Å²) in [5.74, 6) is 0.647. The molecule has 0 aromatic heterocycles. The summed E-state index contributed by atoms with van der Waals surface area (Å²) in [6.07, 6.45) is 1.47. The van der Waals surface area contributed by atoms with Crippen LogP contribution in [0.15, 0.2) is 48.5 Å². The summed E-state index contributed by atoms with van der Waals surface area (Å²) in [5.41, 5.74) is 1.28. The predicted octanol–water partition coefficient (Wildman–Crippen LogP) is 2.41. The number of likely N-dealkylation sites (N-methyl/N-ethyl adjacent to an activating group) is 1. The Balaban J connectivity index is 2.17. The van der Waals surface area contributed by atoms with Crippen LogP contribution >= 0.6 is 0 Å². The van der Waals surface area contributed by atoms with Gasteiger partial charge in [-0.25, -0.2) is 8.42 Å². The van der Waals surface area contributed by atoms with E-state index >= 15 is 0 Å². The van der Waals surface area contributed by atoms with Gasteiger partial charge in [0.2, 0.25) is 21.8 Å². The van der Waals surface area contributed by atoms with Crippen molar-refractivity contribution in [1.82, 2.24) is 10.2 Å². The summed E-state index contributed by atoms with van der Waals surface area (Å²) in [6, 6.07) is 13.3. The SMILES string of the molecule is CNC(=O)C(C)N(Cc1cccc(OC)c1)C(=O)CCCN(c1cccc(OC)c1)S(C)(=O)=O. The number of benzene rings is 2. The highest BCUT2D eigenvalue weighted by Crippen LogP contribution is 2.24. The number of nitrogens with zero attached hydrogens (tertiary/aromatic N) is 2. The minimum atomic E-state index is -3.58. The standard InChI is InChI=1S/C24H33N3O6S/c1-18(24(29)25-2)26(17-19-9-6-11-21(15-19)32-3)23(28)13-8-14-27(34(5,30)31)20-10-7-12-22(16-20)33-4/h6-7,9-12,15-16,18H,8,13-14,17H2,1-5H3,(H,25,29). The zero-order chi connectivity index (χ0) is 25.3. The van der Waals surface area contributed by atoms with Crippen molar-refractivity contribution in [3.05, 3.63) is 54.1 Å². The number of carbonyl (C=O) groups excluding carboxylic acids is 2. The Morgan fingerprint density at radius 1 is 1.03 bits per heavy atom. The molecule has 0 aliphatic heterocycles. The van der Waals surface area contributed by atoms with Crippen LogP contribution in [0.1, 0.15) is 25.3 Å². The van der Waals surface area contributed by atoms with Crippen molar-refractivity contribution in [3.63, 3.8) is 0 Å². The summed E-state index contributed by atoms with van der Waals surface area (Å²) in [7, 11) is 1.01. The molecule has 2 amide bonds. The second-order valence-corrected chi connectivity index (χ2v) is 9.71. The molecule has 0 saturated carbocycles. The molecule has 0 aliphatic carbocycles.